The highest BCUT2D eigenvalue weighted by atomic mass is 32.1. The fourth-order valence-corrected chi connectivity index (χ4v) is 2.93. The number of benzene rings is 2. The maximum absolute atomic E-state index is 12.6. The Hall–Kier alpha value is -2.61. The van der Waals surface area contributed by atoms with Gasteiger partial charge in [0.25, 0.3) is 0 Å². The van der Waals surface area contributed by atoms with E-state index in [1.807, 2.05) is 6.07 Å². The van der Waals surface area contributed by atoms with Gasteiger partial charge in [0.2, 0.25) is 0 Å². The molecule has 0 atom stereocenters. The van der Waals surface area contributed by atoms with Crippen molar-refractivity contribution in [2.24, 2.45) is 5.73 Å². The minimum Gasteiger partial charge on any atom is -0.351 e. The molecule has 0 saturated carbocycles. The SMILES string of the molecule is NC(=O)N(Cc1ccc(C(F)(F)F)cc1)c1ccc2sncc2c1. The Morgan fingerprint density at radius 3 is 2.50 bits per heavy atom. The Kier molecular flexibility index (Phi) is 4.15. The summed E-state index contributed by atoms with van der Waals surface area (Å²) in [5.41, 5.74) is 5.81. The average molecular weight is 351 g/mol. The van der Waals surface area contributed by atoms with E-state index in [4.69, 9.17) is 5.73 Å². The van der Waals surface area contributed by atoms with E-state index in [9.17, 15) is 18.0 Å². The van der Waals surface area contributed by atoms with Crippen LogP contribution in [0.3, 0.4) is 0 Å². The second-order valence-electron chi connectivity index (χ2n) is 5.17. The van der Waals surface area contributed by atoms with Crippen LogP contribution in [-0.4, -0.2) is 10.4 Å². The second kappa shape index (κ2) is 6.12. The van der Waals surface area contributed by atoms with Gasteiger partial charge in [-0.1, -0.05) is 12.1 Å². The van der Waals surface area contributed by atoms with Crippen molar-refractivity contribution in [3.05, 3.63) is 59.8 Å². The fraction of sp³-hybridized carbons (Fsp3) is 0.125. The topological polar surface area (TPSA) is 59.2 Å². The molecule has 2 amide bonds. The quantitative estimate of drug-likeness (QED) is 0.760. The monoisotopic (exact) mass is 351 g/mol. The molecule has 0 unspecified atom stereocenters. The Morgan fingerprint density at radius 2 is 1.88 bits per heavy atom. The first-order chi connectivity index (χ1) is 11.3. The molecule has 2 aromatic carbocycles. The summed E-state index contributed by atoms with van der Waals surface area (Å²) in [5.74, 6) is 0. The van der Waals surface area contributed by atoms with Crippen LogP contribution in [0.2, 0.25) is 0 Å². The summed E-state index contributed by atoms with van der Waals surface area (Å²) in [6.45, 7) is 0.0799. The van der Waals surface area contributed by atoms with Gasteiger partial charge in [0.1, 0.15) is 0 Å². The predicted molar refractivity (Wildman–Crippen MR) is 86.8 cm³/mol. The number of carbonyl (C=O) groups excluding carboxylic acids is 1. The van der Waals surface area contributed by atoms with E-state index in [-0.39, 0.29) is 6.54 Å². The maximum Gasteiger partial charge on any atom is 0.416 e. The highest BCUT2D eigenvalue weighted by molar-refractivity contribution is 7.13. The molecule has 3 aromatic rings. The molecule has 0 bridgehead atoms. The molecule has 0 radical (unpaired) electrons. The Labute approximate surface area is 139 Å². The lowest BCUT2D eigenvalue weighted by molar-refractivity contribution is -0.137. The summed E-state index contributed by atoms with van der Waals surface area (Å²) in [6, 6.07) is 9.29. The van der Waals surface area contributed by atoms with Crippen LogP contribution in [0.15, 0.2) is 48.7 Å². The number of rotatable bonds is 3. The summed E-state index contributed by atoms with van der Waals surface area (Å²) in [5, 5.41) is 0.871. The molecule has 0 aliphatic heterocycles. The van der Waals surface area contributed by atoms with E-state index in [0.717, 1.165) is 22.2 Å². The van der Waals surface area contributed by atoms with Crippen LogP contribution in [0.4, 0.5) is 23.7 Å². The molecule has 0 fully saturated rings. The number of aromatic nitrogens is 1. The molecule has 4 nitrogen and oxygen atoms in total. The van der Waals surface area contributed by atoms with Gasteiger partial charge in [0.05, 0.1) is 16.8 Å². The van der Waals surface area contributed by atoms with E-state index in [1.165, 1.54) is 28.6 Å². The predicted octanol–water partition coefficient (Wildman–Crippen LogP) is 4.40. The number of primary amides is 1. The molecule has 1 aromatic heterocycles. The van der Waals surface area contributed by atoms with Crippen molar-refractivity contribution in [3.63, 3.8) is 0 Å². The van der Waals surface area contributed by atoms with Crippen LogP contribution in [-0.2, 0) is 12.7 Å². The van der Waals surface area contributed by atoms with Gasteiger partial charge in [-0.15, -0.1) is 0 Å². The van der Waals surface area contributed by atoms with Gasteiger partial charge in [0.15, 0.2) is 0 Å². The normalized spacial score (nSPS) is 11.6. The summed E-state index contributed by atoms with van der Waals surface area (Å²) in [7, 11) is 0. The zero-order chi connectivity index (χ0) is 17.3. The number of fused-ring (bicyclic) bond motifs is 1. The van der Waals surface area contributed by atoms with E-state index in [2.05, 4.69) is 4.37 Å². The molecule has 0 aliphatic carbocycles. The van der Waals surface area contributed by atoms with Crippen molar-refractivity contribution < 1.29 is 18.0 Å². The van der Waals surface area contributed by atoms with Crippen molar-refractivity contribution in [1.82, 2.24) is 4.37 Å². The lowest BCUT2D eigenvalue weighted by Gasteiger charge is -2.21. The number of nitrogens with two attached hydrogens (primary N) is 1. The van der Waals surface area contributed by atoms with Gasteiger partial charge in [-0.25, -0.2) is 4.79 Å². The first kappa shape index (κ1) is 16.3. The van der Waals surface area contributed by atoms with Crippen LogP contribution in [0.25, 0.3) is 10.1 Å². The van der Waals surface area contributed by atoms with Crippen molar-refractivity contribution >= 4 is 33.3 Å². The van der Waals surface area contributed by atoms with Gasteiger partial charge >= 0.3 is 12.2 Å². The summed E-state index contributed by atoms with van der Waals surface area (Å²) < 4.78 is 42.8. The number of alkyl halides is 3. The molecule has 2 N–H and O–H groups in total. The number of hydrogen-bond acceptors (Lipinski definition) is 3. The molecule has 0 aliphatic rings. The Morgan fingerprint density at radius 1 is 1.17 bits per heavy atom. The molecular weight excluding hydrogens is 339 g/mol. The van der Waals surface area contributed by atoms with E-state index in [0.29, 0.717) is 11.3 Å². The average Bonchev–Trinajstić information content (AvgIpc) is 2.99. The van der Waals surface area contributed by atoms with Crippen molar-refractivity contribution in [2.75, 3.05) is 4.90 Å². The second-order valence-corrected chi connectivity index (χ2v) is 6.00. The fourth-order valence-electron chi connectivity index (χ4n) is 2.31. The van der Waals surface area contributed by atoms with Crippen LogP contribution in [0.5, 0.6) is 0 Å². The third-order valence-electron chi connectivity index (χ3n) is 3.54. The van der Waals surface area contributed by atoms with Crippen molar-refractivity contribution in [2.45, 2.75) is 12.7 Å². The van der Waals surface area contributed by atoms with Gasteiger partial charge < -0.3 is 5.73 Å². The molecule has 0 saturated heterocycles. The number of amides is 2. The van der Waals surface area contributed by atoms with E-state index in [1.54, 1.807) is 18.3 Å². The van der Waals surface area contributed by atoms with Crippen molar-refractivity contribution in [3.8, 4) is 0 Å². The molecule has 3 rings (SSSR count). The van der Waals surface area contributed by atoms with E-state index >= 15 is 0 Å². The number of nitrogens with zero attached hydrogens (tertiary/aromatic N) is 2. The zero-order valence-corrected chi connectivity index (χ0v) is 13.1. The summed E-state index contributed by atoms with van der Waals surface area (Å²) in [4.78, 5) is 13.1. The van der Waals surface area contributed by atoms with Gasteiger partial charge in [0, 0.05) is 17.3 Å². The van der Waals surface area contributed by atoms with Crippen molar-refractivity contribution in [1.29, 1.82) is 0 Å². The molecule has 8 heteroatoms. The lowest BCUT2D eigenvalue weighted by atomic mass is 10.1. The number of hydrogen-bond donors (Lipinski definition) is 1. The zero-order valence-electron chi connectivity index (χ0n) is 12.2. The van der Waals surface area contributed by atoms with Gasteiger partial charge in [-0.05, 0) is 47.4 Å². The van der Waals surface area contributed by atoms with Crippen LogP contribution in [0, 0.1) is 0 Å². The molecule has 1 heterocycles. The molecular formula is C16H12F3N3OS. The largest absolute Gasteiger partial charge is 0.416 e. The van der Waals surface area contributed by atoms with E-state index < -0.39 is 17.8 Å². The highest BCUT2D eigenvalue weighted by Crippen LogP contribution is 2.30. The Bertz CT molecular complexity index is 874. The van der Waals surface area contributed by atoms with Crippen LogP contribution in [0.1, 0.15) is 11.1 Å². The minimum atomic E-state index is -4.39. The first-order valence-corrected chi connectivity index (χ1v) is 7.69. The smallest absolute Gasteiger partial charge is 0.351 e. The standard InChI is InChI=1S/C16H12F3N3OS/c17-16(18,19)12-3-1-10(2-4-12)9-22(15(20)23)13-5-6-14-11(7-13)8-21-24-14/h1-8H,9H2,(H2,20,23). The minimum absolute atomic E-state index is 0.0799. The van der Waals surface area contributed by atoms with Crippen LogP contribution < -0.4 is 10.6 Å². The molecule has 0 spiro atoms. The number of anilines is 1. The lowest BCUT2D eigenvalue weighted by Crippen LogP contribution is -2.35. The van der Waals surface area contributed by atoms with Gasteiger partial charge in [-0.3, -0.25) is 4.90 Å². The highest BCUT2D eigenvalue weighted by Gasteiger charge is 2.30. The molecule has 124 valence electrons. The summed E-state index contributed by atoms with van der Waals surface area (Å²) >= 11 is 1.33. The van der Waals surface area contributed by atoms with Gasteiger partial charge in [-0.2, -0.15) is 17.5 Å². The number of urea groups is 1. The van der Waals surface area contributed by atoms with Crippen LogP contribution >= 0.6 is 11.5 Å². The summed E-state index contributed by atoms with van der Waals surface area (Å²) in [6.07, 6.45) is -2.71. The number of carbonyl (C=O) groups is 1. The number of halogens is 3. The maximum atomic E-state index is 12.6. The molecule has 24 heavy (non-hydrogen) atoms. The first-order valence-electron chi connectivity index (χ1n) is 6.92. The Balaban J connectivity index is 1.87. The third-order valence-corrected chi connectivity index (χ3v) is 4.32. The third kappa shape index (κ3) is 3.33.